The minimum Gasteiger partial charge on any atom is -0.444 e. The molecule has 1 rings (SSSR count). The van der Waals surface area contributed by atoms with Gasteiger partial charge < -0.3 is 10.1 Å². The van der Waals surface area contributed by atoms with Crippen LogP contribution in [-0.2, 0) is 9.53 Å². The lowest BCUT2D eigenvalue weighted by molar-refractivity contribution is -0.104. The second-order valence-corrected chi connectivity index (χ2v) is 11.3. The van der Waals surface area contributed by atoms with E-state index in [1.165, 1.54) is 11.1 Å². The molecule has 178 valence electrons. The standard InChI is InChI=1S/C27H41NO3S/c1-20(10-9-11-21(2)15-18-29)12-13-23-22(3)24(14-16-27(23,7)8)32-19-17-28-25(30)31-26(4,5)6/h9-13,15,18,24H,14,16-17,19H2,1-8H3,(H,28,30). The SMILES string of the molecule is CC(C=CC=C(C)C=CC1=C(C)C(SCCNC(=O)OC(C)(C)C)CCC1(C)C)=CC=O. The molecule has 5 heteroatoms. The van der Waals surface area contributed by atoms with Gasteiger partial charge in [-0.1, -0.05) is 55.4 Å². The number of carbonyl (C=O) groups excluding carboxylic acids is 2. The first-order chi connectivity index (χ1) is 14.9. The van der Waals surface area contributed by atoms with E-state index in [-0.39, 0.29) is 11.5 Å². The first-order valence-electron chi connectivity index (χ1n) is 11.3. The molecule has 1 atom stereocenters. The third kappa shape index (κ3) is 10.5. The summed E-state index contributed by atoms with van der Waals surface area (Å²) in [7, 11) is 0. The summed E-state index contributed by atoms with van der Waals surface area (Å²) in [6.45, 7) is 17.1. The van der Waals surface area contributed by atoms with E-state index in [0.29, 0.717) is 11.8 Å². The van der Waals surface area contributed by atoms with Crippen LogP contribution in [0.2, 0.25) is 0 Å². The smallest absolute Gasteiger partial charge is 0.407 e. The van der Waals surface area contributed by atoms with Crippen molar-refractivity contribution >= 4 is 24.1 Å². The van der Waals surface area contributed by atoms with E-state index in [1.54, 1.807) is 6.08 Å². The molecule has 1 unspecified atom stereocenters. The second-order valence-electron chi connectivity index (χ2n) is 9.96. The van der Waals surface area contributed by atoms with Crippen molar-refractivity contribution in [2.45, 2.75) is 79.1 Å². The Morgan fingerprint density at radius 2 is 1.84 bits per heavy atom. The van der Waals surface area contributed by atoms with Crippen LogP contribution in [0.1, 0.15) is 68.2 Å². The number of ether oxygens (including phenoxy) is 1. The van der Waals surface area contributed by atoms with Gasteiger partial charge in [0.1, 0.15) is 11.9 Å². The number of thioether (sulfide) groups is 1. The highest BCUT2D eigenvalue weighted by atomic mass is 32.2. The summed E-state index contributed by atoms with van der Waals surface area (Å²) in [5.74, 6) is 0.857. The van der Waals surface area contributed by atoms with Gasteiger partial charge in [-0.15, -0.1) is 0 Å². The van der Waals surface area contributed by atoms with Crippen LogP contribution in [0.15, 0.2) is 58.7 Å². The number of alkyl carbamates (subject to hydrolysis) is 1. The molecule has 0 aromatic carbocycles. The Morgan fingerprint density at radius 3 is 2.47 bits per heavy atom. The van der Waals surface area contributed by atoms with Crippen LogP contribution in [0, 0.1) is 5.41 Å². The molecule has 1 amide bonds. The first-order valence-corrected chi connectivity index (χ1v) is 12.4. The predicted octanol–water partition coefficient (Wildman–Crippen LogP) is 6.95. The van der Waals surface area contributed by atoms with Crippen LogP contribution in [0.3, 0.4) is 0 Å². The molecule has 4 nitrogen and oxygen atoms in total. The van der Waals surface area contributed by atoms with Crippen LogP contribution in [0.25, 0.3) is 0 Å². The first kappa shape index (κ1) is 28.0. The predicted molar refractivity (Wildman–Crippen MR) is 138 cm³/mol. The Labute approximate surface area is 199 Å². The highest BCUT2D eigenvalue weighted by Crippen LogP contribution is 2.44. The van der Waals surface area contributed by atoms with Gasteiger partial charge in [-0.3, -0.25) is 4.79 Å². The number of carbonyl (C=O) groups is 2. The summed E-state index contributed by atoms with van der Waals surface area (Å²) in [6, 6.07) is 0. The third-order valence-corrected chi connectivity index (χ3v) is 6.75. The fourth-order valence-corrected chi connectivity index (χ4v) is 4.73. The molecule has 0 radical (unpaired) electrons. The van der Waals surface area contributed by atoms with Gasteiger partial charge in [0.2, 0.25) is 0 Å². The summed E-state index contributed by atoms with van der Waals surface area (Å²) in [6.07, 6.45) is 14.7. The molecular weight excluding hydrogens is 418 g/mol. The Morgan fingerprint density at radius 1 is 1.19 bits per heavy atom. The quantitative estimate of drug-likeness (QED) is 0.175. The molecule has 0 fully saturated rings. The minimum atomic E-state index is -0.472. The zero-order chi connectivity index (χ0) is 24.4. The molecule has 0 saturated carbocycles. The summed E-state index contributed by atoms with van der Waals surface area (Å²) in [5, 5.41) is 3.31. The molecule has 1 N–H and O–H groups in total. The van der Waals surface area contributed by atoms with Crippen LogP contribution >= 0.6 is 11.8 Å². The topological polar surface area (TPSA) is 55.4 Å². The van der Waals surface area contributed by atoms with Crippen molar-refractivity contribution < 1.29 is 14.3 Å². The van der Waals surface area contributed by atoms with Gasteiger partial charge in [-0.05, 0) is 77.0 Å². The van der Waals surface area contributed by atoms with E-state index in [4.69, 9.17) is 4.74 Å². The summed E-state index contributed by atoms with van der Waals surface area (Å²) >= 11 is 1.90. The Hall–Kier alpha value is -2.01. The minimum absolute atomic E-state index is 0.145. The zero-order valence-electron chi connectivity index (χ0n) is 21.1. The maximum atomic E-state index is 11.8. The molecule has 0 aliphatic heterocycles. The van der Waals surface area contributed by atoms with Crippen molar-refractivity contribution in [2.75, 3.05) is 12.3 Å². The van der Waals surface area contributed by atoms with Crippen LogP contribution in [0.5, 0.6) is 0 Å². The van der Waals surface area contributed by atoms with Crippen molar-refractivity contribution in [1.82, 2.24) is 5.32 Å². The molecule has 1 aliphatic rings. The van der Waals surface area contributed by atoms with Gasteiger partial charge in [-0.25, -0.2) is 4.79 Å². The van der Waals surface area contributed by atoms with Crippen LogP contribution in [-0.4, -0.2) is 35.5 Å². The van der Waals surface area contributed by atoms with Gasteiger partial charge in [0.15, 0.2) is 0 Å². The molecule has 0 bridgehead atoms. The van der Waals surface area contributed by atoms with Gasteiger partial charge in [-0.2, -0.15) is 11.8 Å². The van der Waals surface area contributed by atoms with Crippen LogP contribution in [0.4, 0.5) is 4.79 Å². The number of hydrogen-bond acceptors (Lipinski definition) is 4. The van der Waals surface area contributed by atoms with Gasteiger partial charge in [0.05, 0.1) is 0 Å². The number of amides is 1. The monoisotopic (exact) mass is 459 g/mol. The van der Waals surface area contributed by atoms with E-state index in [0.717, 1.165) is 36.0 Å². The maximum absolute atomic E-state index is 11.8. The van der Waals surface area contributed by atoms with Crippen molar-refractivity contribution in [2.24, 2.45) is 5.41 Å². The van der Waals surface area contributed by atoms with Crippen molar-refractivity contribution in [3.63, 3.8) is 0 Å². The lowest BCUT2D eigenvalue weighted by Gasteiger charge is -2.37. The number of rotatable bonds is 9. The molecule has 0 heterocycles. The third-order valence-electron chi connectivity index (χ3n) is 5.32. The molecule has 1 aliphatic carbocycles. The van der Waals surface area contributed by atoms with Gasteiger partial charge >= 0.3 is 6.09 Å². The number of hydrogen-bond donors (Lipinski definition) is 1. The fraction of sp³-hybridized carbons (Fsp3) is 0.556. The van der Waals surface area contributed by atoms with E-state index in [2.05, 4.69) is 51.2 Å². The summed E-state index contributed by atoms with van der Waals surface area (Å²) in [5.41, 5.74) is 4.59. The Kier molecular flexibility index (Phi) is 11.3. The number of nitrogens with one attached hydrogen (secondary N) is 1. The molecule has 0 aromatic rings. The molecule has 32 heavy (non-hydrogen) atoms. The normalized spacial score (nSPS) is 20.2. The number of allylic oxidation sites excluding steroid dienone is 9. The number of aldehydes is 1. The fourth-order valence-electron chi connectivity index (χ4n) is 3.57. The molecule has 0 saturated heterocycles. The average Bonchev–Trinajstić information content (AvgIpc) is 2.65. The average molecular weight is 460 g/mol. The maximum Gasteiger partial charge on any atom is 0.407 e. The van der Waals surface area contributed by atoms with E-state index >= 15 is 0 Å². The largest absolute Gasteiger partial charge is 0.444 e. The lowest BCUT2D eigenvalue weighted by Crippen LogP contribution is -2.34. The van der Waals surface area contributed by atoms with Gasteiger partial charge in [0.25, 0.3) is 0 Å². The van der Waals surface area contributed by atoms with Crippen molar-refractivity contribution in [3.05, 3.63) is 58.7 Å². The second kappa shape index (κ2) is 12.9. The zero-order valence-corrected chi connectivity index (χ0v) is 21.9. The van der Waals surface area contributed by atoms with Crippen molar-refractivity contribution in [3.8, 4) is 0 Å². The van der Waals surface area contributed by atoms with E-state index in [1.807, 2.05) is 51.6 Å². The van der Waals surface area contributed by atoms with E-state index in [9.17, 15) is 9.59 Å². The summed E-state index contributed by atoms with van der Waals surface area (Å²) in [4.78, 5) is 22.3. The van der Waals surface area contributed by atoms with Crippen molar-refractivity contribution in [1.29, 1.82) is 0 Å². The highest BCUT2D eigenvalue weighted by Gasteiger charge is 2.31. The van der Waals surface area contributed by atoms with E-state index < -0.39 is 5.60 Å². The summed E-state index contributed by atoms with van der Waals surface area (Å²) < 4.78 is 5.30. The Balaban J connectivity index is 2.76. The molecular formula is C27H41NO3S. The lowest BCUT2D eigenvalue weighted by atomic mass is 9.72. The van der Waals surface area contributed by atoms with Crippen LogP contribution < -0.4 is 5.32 Å². The van der Waals surface area contributed by atoms with Gasteiger partial charge in [0, 0.05) is 17.5 Å². The molecule has 0 aromatic heterocycles. The Bertz CT molecular complexity index is 807. The molecule has 0 spiro atoms. The highest BCUT2D eigenvalue weighted by molar-refractivity contribution is 8.00.